The van der Waals surface area contributed by atoms with Gasteiger partial charge in [0.15, 0.2) is 11.4 Å². The van der Waals surface area contributed by atoms with Crippen molar-refractivity contribution >= 4 is 32.8 Å². The molecule has 0 amide bonds. The van der Waals surface area contributed by atoms with E-state index in [0.29, 0.717) is 22.2 Å². The van der Waals surface area contributed by atoms with Crippen molar-refractivity contribution in [3.8, 4) is 0 Å². The number of ketones is 1. The highest BCUT2D eigenvalue weighted by molar-refractivity contribution is 9.10. The van der Waals surface area contributed by atoms with Crippen LogP contribution in [0.2, 0.25) is 0 Å². The van der Waals surface area contributed by atoms with Crippen molar-refractivity contribution in [2.75, 3.05) is 0 Å². The van der Waals surface area contributed by atoms with E-state index >= 15 is 0 Å². The molecule has 0 spiro atoms. The number of hydrogen-bond acceptors (Lipinski definition) is 3. The van der Waals surface area contributed by atoms with Crippen LogP contribution in [0.5, 0.6) is 0 Å². The van der Waals surface area contributed by atoms with Crippen LogP contribution in [0.3, 0.4) is 0 Å². The molecule has 0 saturated heterocycles. The third-order valence-corrected chi connectivity index (χ3v) is 3.86. The topological polar surface area (TPSA) is 52.2 Å². The van der Waals surface area contributed by atoms with Gasteiger partial charge in [0.2, 0.25) is 0 Å². The normalized spacial score (nSPS) is 10.9. The average molecular weight is 332 g/mol. The number of oxazole rings is 1. The number of benzene rings is 2. The molecule has 0 saturated carbocycles. The van der Waals surface area contributed by atoms with Gasteiger partial charge in [-0.2, -0.15) is 0 Å². The van der Waals surface area contributed by atoms with Gasteiger partial charge >= 0.3 is 5.76 Å². The molecule has 100 valence electrons. The zero-order valence-electron chi connectivity index (χ0n) is 10.6. The molecule has 0 bridgehead atoms. The van der Waals surface area contributed by atoms with Crippen molar-refractivity contribution in [2.45, 2.75) is 0 Å². The highest BCUT2D eigenvalue weighted by Crippen LogP contribution is 2.22. The molecule has 0 radical (unpaired) electrons. The van der Waals surface area contributed by atoms with Gasteiger partial charge in [0, 0.05) is 22.6 Å². The Balaban J connectivity index is 2.13. The Kier molecular flexibility index (Phi) is 3.06. The molecule has 1 heterocycles. The van der Waals surface area contributed by atoms with Crippen molar-refractivity contribution in [3.05, 3.63) is 68.6 Å². The van der Waals surface area contributed by atoms with E-state index in [-0.39, 0.29) is 5.78 Å². The minimum absolute atomic E-state index is 0.120. The van der Waals surface area contributed by atoms with Crippen LogP contribution >= 0.6 is 15.9 Å². The predicted molar refractivity (Wildman–Crippen MR) is 79.0 cm³/mol. The fourth-order valence-corrected chi connectivity index (χ4v) is 2.54. The lowest BCUT2D eigenvalue weighted by Crippen LogP contribution is -2.08. The molecule has 4 nitrogen and oxygen atoms in total. The molecule has 5 heteroatoms. The lowest BCUT2D eigenvalue weighted by atomic mass is 10.0. The Labute approximate surface area is 122 Å². The number of hydrogen-bond donors (Lipinski definition) is 0. The Morgan fingerprint density at radius 1 is 1.20 bits per heavy atom. The number of carbonyl (C=O) groups is 1. The van der Waals surface area contributed by atoms with Crippen LogP contribution in [0, 0.1) is 0 Å². The summed E-state index contributed by atoms with van der Waals surface area (Å²) in [6.45, 7) is 0. The van der Waals surface area contributed by atoms with Crippen molar-refractivity contribution < 1.29 is 9.21 Å². The van der Waals surface area contributed by atoms with Gasteiger partial charge in [-0.1, -0.05) is 28.1 Å². The van der Waals surface area contributed by atoms with Crippen LogP contribution in [-0.4, -0.2) is 10.4 Å². The van der Waals surface area contributed by atoms with Crippen molar-refractivity contribution in [1.82, 2.24) is 4.57 Å². The molecule has 20 heavy (non-hydrogen) atoms. The van der Waals surface area contributed by atoms with E-state index in [2.05, 4.69) is 15.9 Å². The van der Waals surface area contributed by atoms with Gasteiger partial charge in [-0.05, 0) is 30.3 Å². The number of rotatable bonds is 2. The third kappa shape index (κ3) is 2.00. The summed E-state index contributed by atoms with van der Waals surface area (Å²) in [5.74, 6) is -0.559. The van der Waals surface area contributed by atoms with E-state index in [1.807, 2.05) is 12.1 Å². The summed E-state index contributed by atoms with van der Waals surface area (Å²) in [4.78, 5) is 23.9. The van der Waals surface area contributed by atoms with Crippen LogP contribution < -0.4 is 5.76 Å². The molecule has 0 unspecified atom stereocenters. The third-order valence-electron chi connectivity index (χ3n) is 3.17. The van der Waals surface area contributed by atoms with E-state index in [1.54, 1.807) is 37.4 Å². The molecule has 1 aromatic heterocycles. The minimum Gasteiger partial charge on any atom is -0.408 e. The highest BCUT2D eigenvalue weighted by Gasteiger charge is 2.14. The van der Waals surface area contributed by atoms with E-state index in [1.165, 1.54) is 4.57 Å². The molecule has 0 aliphatic carbocycles. The minimum atomic E-state index is -0.439. The summed E-state index contributed by atoms with van der Waals surface area (Å²) < 4.78 is 7.24. The first-order valence-corrected chi connectivity index (χ1v) is 6.76. The first kappa shape index (κ1) is 12.9. The van der Waals surface area contributed by atoms with Crippen molar-refractivity contribution in [3.63, 3.8) is 0 Å². The molecule has 0 fully saturated rings. The standard InChI is InChI=1S/C15H10BrNO3/c1-17-12-7-6-9(8-13(12)20-15(17)19)14(18)10-4-2-3-5-11(10)16/h2-8H,1H3. The van der Waals surface area contributed by atoms with Crippen LogP contribution in [0.1, 0.15) is 15.9 Å². The summed E-state index contributed by atoms with van der Waals surface area (Å²) in [7, 11) is 1.63. The molecule has 0 N–H and O–H groups in total. The Morgan fingerprint density at radius 2 is 1.95 bits per heavy atom. The lowest BCUT2D eigenvalue weighted by Gasteiger charge is -2.03. The largest absolute Gasteiger partial charge is 0.419 e. The number of aromatic nitrogens is 1. The van der Waals surface area contributed by atoms with Crippen molar-refractivity contribution in [2.24, 2.45) is 7.05 Å². The molecule has 0 aliphatic heterocycles. The zero-order chi connectivity index (χ0) is 14.3. The van der Waals surface area contributed by atoms with Gasteiger partial charge in [0.1, 0.15) is 0 Å². The molecule has 0 atom stereocenters. The Hall–Kier alpha value is -2.14. The number of fused-ring (bicyclic) bond motifs is 1. The summed E-state index contributed by atoms with van der Waals surface area (Å²) in [6.07, 6.45) is 0. The lowest BCUT2D eigenvalue weighted by molar-refractivity contribution is 0.103. The summed E-state index contributed by atoms with van der Waals surface area (Å²) in [5.41, 5.74) is 2.14. The SMILES string of the molecule is Cn1c(=O)oc2cc(C(=O)c3ccccc3Br)ccc21. The Morgan fingerprint density at radius 3 is 2.70 bits per heavy atom. The highest BCUT2D eigenvalue weighted by atomic mass is 79.9. The van der Waals surface area contributed by atoms with Gasteiger partial charge in [-0.25, -0.2) is 4.79 Å². The van der Waals surface area contributed by atoms with Crippen LogP contribution in [0.25, 0.3) is 11.1 Å². The molecule has 2 aromatic carbocycles. The van der Waals surface area contributed by atoms with E-state index in [9.17, 15) is 9.59 Å². The fraction of sp³-hybridized carbons (Fsp3) is 0.0667. The van der Waals surface area contributed by atoms with Crippen LogP contribution in [0.4, 0.5) is 0 Å². The number of nitrogens with zero attached hydrogens (tertiary/aromatic N) is 1. The maximum absolute atomic E-state index is 12.4. The second kappa shape index (κ2) is 4.76. The first-order chi connectivity index (χ1) is 9.58. The predicted octanol–water partition coefficient (Wildman–Crippen LogP) is 3.13. The zero-order valence-corrected chi connectivity index (χ0v) is 12.2. The second-order valence-electron chi connectivity index (χ2n) is 4.42. The van der Waals surface area contributed by atoms with Gasteiger partial charge in [0.05, 0.1) is 5.52 Å². The summed E-state index contributed by atoms with van der Waals surface area (Å²) >= 11 is 3.36. The maximum atomic E-state index is 12.4. The van der Waals surface area contributed by atoms with E-state index in [0.717, 1.165) is 4.47 Å². The molecule has 3 rings (SSSR count). The van der Waals surface area contributed by atoms with Gasteiger partial charge in [-0.15, -0.1) is 0 Å². The van der Waals surface area contributed by atoms with Gasteiger partial charge in [0.25, 0.3) is 0 Å². The monoisotopic (exact) mass is 331 g/mol. The number of halogens is 1. The van der Waals surface area contributed by atoms with Crippen molar-refractivity contribution in [1.29, 1.82) is 0 Å². The quantitative estimate of drug-likeness (QED) is 0.678. The number of aryl methyl sites for hydroxylation is 1. The van der Waals surface area contributed by atoms with Crippen LogP contribution in [-0.2, 0) is 7.05 Å². The number of carbonyl (C=O) groups excluding carboxylic acids is 1. The van der Waals surface area contributed by atoms with E-state index < -0.39 is 5.76 Å². The first-order valence-electron chi connectivity index (χ1n) is 5.97. The summed E-state index contributed by atoms with van der Waals surface area (Å²) in [5, 5.41) is 0. The molecular formula is C15H10BrNO3. The fourth-order valence-electron chi connectivity index (χ4n) is 2.08. The maximum Gasteiger partial charge on any atom is 0.419 e. The molecule has 0 aliphatic rings. The second-order valence-corrected chi connectivity index (χ2v) is 5.27. The smallest absolute Gasteiger partial charge is 0.408 e. The van der Waals surface area contributed by atoms with Crippen LogP contribution in [0.15, 0.2) is 56.1 Å². The van der Waals surface area contributed by atoms with Gasteiger partial charge < -0.3 is 4.42 Å². The average Bonchev–Trinajstić information content (AvgIpc) is 2.73. The van der Waals surface area contributed by atoms with Gasteiger partial charge in [-0.3, -0.25) is 9.36 Å². The van der Waals surface area contributed by atoms with E-state index in [4.69, 9.17) is 4.42 Å². The summed E-state index contributed by atoms with van der Waals surface area (Å²) in [6, 6.07) is 12.2. The Bertz CT molecular complexity index is 876. The molecular weight excluding hydrogens is 322 g/mol. The molecule has 3 aromatic rings.